The molecule has 3 heteroatoms. The Morgan fingerprint density at radius 2 is 2.00 bits per heavy atom. The quantitative estimate of drug-likeness (QED) is 0.440. The summed E-state index contributed by atoms with van der Waals surface area (Å²) in [5.41, 5.74) is 1.05. The van der Waals surface area contributed by atoms with Crippen LogP contribution in [0.4, 0.5) is 0 Å². The predicted molar refractivity (Wildman–Crippen MR) is 85.2 cm³/mol. The van der Waals surface area contributed by atoms with Gasteiger partial charge in [-0.1, -0.05) is 44.9 Å². The van der Waals surface area contributed by atoms with Crippen LogP contribution in [0.25, 0.3) is 0 Å². The Labute approximate surface area is 123 Å². The van der Waals surface area contributed by atoms with E-state index >= 15 is 0 Å². The lowest BCUT2D eigenvalue weighted by Gasteiger charge is -2.08. The first kappa shape index (κ1) is 20.5. The van der Waals surface area contributed by atoms with Crippen LogP contribution >= 0.6 is 0 Å². The monoisotopic (exact) mass is 277 g/mol. The van der Waals surface area contributed by atoms with Crippen LogP contribution in [-0.4, -0.2) is 18.2 Å². The Morgan fingerprint density at radius 1 is 1.35 bits per heavy atom. The minimum absolute atomic E-state index is 0.0357. The van der Waals surface area contributed by atoms with Crippen LogP contribution in [0.3, 0.4) is 0 Å². The second kappa shape index (κ2) is 15.2. The smallest absolute Gasteiger partial charge is 0.220 e. The molecule has 0 rings (SSSR count). The summed E-state index contributed by atoms with van der Waals surface area (Å²) >= 11 is 0. The van der Waals surface area contributed by atoms with Gasteiger partial charge in [0.05, 0.1) is 6.04 Å². The SMILES string of the molecule is C#C/C(=C\C=C/C)CC.CCCC(=O)NC(C=O)CC. The summed E-state index contributed by atoms with van der Waals surface area (Å²) in [6.45, 7) is 7.82. The van der Waals surface area contributed by atoms with Gasteiger partial charge in [0, 0.05) is 12.0 Å². The van der Waals surface area contributed by atoms with Gasteiger partial charge in [-0.25, -0.2) is 0 Å². The zero-order valence-corrected chi connectivity index (χ0v) is 13.1. The van der Waals surface area contributed by atoms with E-state index in [9.17, 15) is 9.59 Å². The van der Waals surface area contributed by atoms with E-state index in [0.717, 1.165) is 24.7 Å². The zero-order valence-electron chi connectivity index (χ0n) is 13.1. The second-order valence-corrected chi connectivity index (χ2v) is 4.18. The van der Waals surface area contributed by atoms with Crippen LogP contribution in [0.2, 0.25) is 0 Å². The van der Waals surface area contributed by atoms with Crippen LogP contribution < -0.4 is 5.32 Å². The third-order valence-corrected chi connectivity index (χ3v) is 2.48. The van der Waals surface area contributed by atoms with E-state index in [4.69, 9.17) is 6.42 Å². The molecule has 0 aromatic heterocycles. The van der Waals surface area contributed by atoms with Crippen molar-refractivity contribution in [2.75, 3.05) is 0 Å². The van der Waals surface area contributed by atoms with E-state index < -0.39 is 0 Å². The normalized spacial score (nSPS) is 12.1. The number of hydrogen-bond acceptors (Lipinski definition) is 2. The molecule has 0 saturated carbocycles. The Bertz CT molecular complexity index is 362. The van der Waals surface area contributed by atoms with Crippen LogP contribution in [0.1, 0.15) is 53.4 Å². The molecule has 0 aliphatic carbocycles. The zero-order chi connectivity index (χ0) is 15.8. The van der Waals surface area contributed by atoms with Crippen LogP contribution in [-0.2, 0) is 9.59 Å². The number of nitrogens with one attached hydrogen (secondary N) is 1. The van der Waals surface area contributed by atoms with Crippen LogP contribution in [0, 0.1) is 12.3 Å². The topological polar surface area (TPSA) is 46.2 Å². The first-order chi connectivity index (χ1) is 9.59. The summed E-state index contributed by atoms with van der Waals surface area (Å²) in [4.78, 5) is 21.2. The molecule has 0 radical (unpaired) electrons. The Morgan fingerprint density at radius 3 is 2.35 bits per heavy atom. The van der Waals surface area contributed by atoms with E-state index in [1.54, 1.807) is 0 Å². The van der Waals surface area contributed by atoms with Gasteiger partial charge >= 0.3 is 0 Å². The number of terminal acetylenes is 1. The molecule has 0 aliphatic rings. The van der Waals surface area contributed by atoms with Gasteiger partial charge in [-0.3, -0.25) is 4.79 Å². The van der Waals surface area contributed by atoms with Gasteiger partial charge in [0.1, 0.15) is 6.29 Å². The number of carbonyl (C=O) groups is 2. The summed E-state index contributed by atoms with van der Waals surface area (Å²) in [6.07, 6.45) is 14.8. The van der Waals surface area contributed by atoms with Crippen molar-refractivity contribution < 1.29 is 9.59 Å². The number of hydrogen-bond donors (Lipinski definition) is 1. The number of carbonyl (C=O) groups excluding carboxylic acids is 2. The average molecular weight is 277 g/mol. The van der Waals surface area contributed by atoms with Crippen molar-refractivity contribution in [1.82, 2.24) is 5.32 Å². The third-order valence-electron chi connectivity index (χ3n) is 2.48. The van der Waals surface area contributed by atoms with E-state index in [0.29, 0.717) is 12.8 Å². The van der Waals surface area contributed by atoms with Crippen molar-refractivity contribution in [3.63, 3.8) is 0 Å². The lowest BCUT2D eigenvalue weighted by atomic mass is 10.2. The molecule has 0 fully saturated rings. The molecule has 20 heavy (non-hydrogen) atoms. The average Bonchev–Trinajstić information content (AvgIpc) is 2.47. The van der Waals surface area contributed by atoms with Gasteiger partial charge < -0.3 is 10.1 Å². The van der Waals surface area contributed by atoms with Crippen LogP contribution in [0.15, 0.2) is 23.8 Å². The highest BCUT2D eigenvalue weighted by molar-refractivity contribution is 5.79. The summed E-state index contributed by atoms with van der Waals surface area (Å²) in [7, 11) is 0. The van der Waals surface area contributed by atoms with Crippen molar-refractivity contribution in [2.45, 2.75) is 59.4 Å². The van der Waals surface area contributed by atoms with Crippen molar-refractivity contribution in [2.24, 2.45) is 0 Å². The molecule has 0 aromatic carbocycles. The van der Waals surface area contributed by atoms with Crippen molar-refractivity contribution in [3.8, 4) is 12.3 Å². The molecule has 1 atom stereocenters. The van der Waals surface area contributed by atoms with E-state index in [-0.39, 0.29) is 11.9 Å². The molecule has 0 aromatic rings. The summed E-state index contributed by atoms with van der Waals surface area (Å²) in [5.74, 6) is 2.56. The highest BCUT2D eigenvalue weighted by atomic mass is 16.2. The Kier molecular flexibility index (Phi) is 15.6. The molecule has 1 amide bonds. The maximum atomic E-state index is 10.9. The largest absolute Gasteiger partial charge is 0.347 e. The fourth-order valence-corrected chi connectivity index (χ4v) is 1.22. The molecule has 0 aliphatic heterocycles. The lowest BCUT2D eigenvalue weighted by Crippen LogP contribution is -2.35. The third kappa shape index (κ3) is 12.6. The maximum absolute atomic E-state index is 10.9. The number of aldehydes is 1. The number of amides is 1. The lowest BCUT2D eigenvalue weighted by molar-refractivity contribution is -0.124. The number of rotatable bonds is 7. The minimum Gasteiger partial charge on any atom is -0.347 e. The van der Waals surface area contributed by atoms with E-state index in [1.165, 1.54) is 0 Å². The minimum atomic E-state index is -0.297. The highest BCUT2D eigenvalue weighted by Crippen LogP contribution is 1.97. The fraction of sp³-hybridized carbons (Fsp3) is 0.529. The maximum Gasteiger partial charge on any atom is 0.220 e. The van der Waals surface area contributed by atoms with Gasteiger partial charge in [-0.15, -0.1) is 6.42 Å². The van der Waals surface area contributed by atoms with Gasteiger partial charge in [0.15, 0.2) is 0 Å². The number of allylic oxidation sites excluding steroid dienone is 4. The molecule has 112 valence electrons. The van der Waals surface area contributed by atoms with E-state index in [2.05, 4.69) is 18.2 Å². The predicted octanol–water partition coefficient (Wildman–Crippen LogP) is 3.41. The standard InChI is InChI=1S/C9H12.C8H15NO2/c1-4-7-8-9(5-2)6-3;1-3-5-8(11)9-7(4-2)6-10/h2,4,7-8H,6H2,1,3H3;6-7H,3-5H2,1-2H3,(H,9,11)/b7-4-,9-8+;. The van der Waals surface area contributed by atoms with Crippen molar-refractivity contribution in [1.29, 1.82) is 0 Å². The molecule has 0 spiro atoms. The molecule has 1 unspecified atom stereocenters. The molecule has 0 heterocycles. The van der Waals surface area contributed by atoms with Crippen LogP contribution in [0.5, 0.6) is 0 Å². The first-order valence-corrected chi connectivity index (χ1v) is 7.12. The second-order valence-electron chi connectivity index (χ2n) is 4.18. The highest BCUT2D eigenvalue weighted by Gasteiger charge is 2.06. The first-order valence-electron chi connectivity index (χ1n) is 7.12. The molecule has 0 saturated heterocycles. The van der Waals surface area contributed by atoms with Gasteiger partial charge in [0.25, 0.3) is 0 Å². The van der Waals surface area contributed by atoms with Gasteiger partial charge in [0.2, 0.25) is 5.91 Å². The molecular weight excluding hydrogens is 250 g/mol. The van der Waals surface area contributed by atoms with E-state index in [1.807, 2.05) is 39.0 Å². The Balaban J connectivity index is 0. The summed E-state index contributed by atoms with van der Waals surface area (Å²) in [6, 6.07) is -0.297. The Hall–Kier alpha value is -1.82. The molecular formula is C17H27NO2. The van der Waals surface area contributed by atoms with Gasteiger partial charge in [-0.05, 0) is 26.2 Å². The molecule has 1 N–H and O–H groups in total. The fourth-order valence-electron chi connectivity index (χ4n) is 1.22. The van der Waals surface area contributed by atoms with Crippen molar-refractivity contribution >= 4 is 12.2 Å². The van der Waals surface area contributed by atoms with Crippen molar-refractivity contribution in [3.05, 3.63) is 23.8 Å². The van der Waals surface area contributed by atoms with Gasteiger partial charge in [-0.2, -0.15) is 0 Å². The summed E-state index contributed by atoms with van der Waals surface area (Å²) in [5, 5.41) is 2.61. The molecule has 3 nitrogen and oxygen atoms in total. The molecule has 0 bridgehead atoms. The summed E-state index contributed by atoms with van der Waals surface area (Å²) < 4.78 is 0.